The van der Waals surface area contributed by atoms with Crippen LogP contribution in [0.2, 0.25) is 0 Å². The normalized spacial score (nSPS) is 17.4. The Balaban J connectivity index is 1.45. The van der Waals surface area contributed by atoms with E-state index in [2.05, 4.69) is 22.4 Å². The van der Waals surface area contributed by atoms with Crippen molar-refractivity contribution in [1.29, 1.82) is 0 Å². The van der Waals surface area contributed by atoms with Crippen molar-refractivity contribution in [3.63, 3.8) is 0 Å². The predicted molar refractivity (Wildman–Crippen MR) is 123 cm³/mol. The molecule has 0 bridgehead atoms. The summed E-state index contributed by atoms with van der Waals surface area (Å²) in [5, 5.41) is 8.55. The molecule has 3 heterocycles. The summed E-state index contributed by atoms with van der Waals surface area (Å²) in [6.07, 6.45) is 2.83. The first-order valence-corrected chi connectivity index (χ1v) is 13.0. The molecule has 1 aliphatic rings. The number of amides is 1. The minimum Gasteiger partial charge on any atom is -0.339 e. The van der Waals surface area contributed by atoms with Gasteiger partial charge in [-0.25, -0.2) is 8.42 Å². The molecule has 0 radical (unpaired) electrons. The minimum atomic E-state index is -3.71. The molecule has 1 unspecified atom stereocenters. The van der Waals surface area contributed by atoms with Crippen LogP contribution in [0.25, 0.3) is 11.4 Å². The molecule has 1 N–H and O–H groups in total. The number of thiophene rings is 1. The zero-order chi connectivity index (χ0) is 22.7. The molecular weight excluding hydrogens is 448 g/mol. The Kier molecular flexibility index (Phi) is 6.73. The van der Waals surface area contributed by atoms with Gasteiger partial charge in [-0.1, -0.05) is 31.1 Å². The van der Waals surface area contributed by atoms with Crippen molar-refractivity contribution in [1.82, 2.24) is 14.4 Å². The van der Waals surface area contributed by atoms with E-state index in [0.717, 1.165) is 23.4 Å². The van der Waals surface area contributed by atoms with Gasteiger partial charge < -0.3 is 9.84 Å². The Hall–Kier alpha value is -2.56. The van der Waals surface area contributed by atoms with Crippen LogP contribution in [0.1, 0.15) is 38.1 Å². The Morgan fingerprint density at radius 3 is 2.72 bits per heavy atom. The van der Waals surface area contributed by atoms with Crippen molar-refractivity contribution in [3.05, 3.63) is 47.2 Å². The summed E-state index contributed by atoms with van der Waals surface area (Å²) in [6.45, 7) is 4.54. The monoisotopic (exact) mass is 474 g/mol. The second kappa shape index (κ2) is 9.51. The fourth-order valence-electron chi connectivity index (χ4n) is 3.65. The SMILES string of the molecule is CCc1ccc(NC(=O)C2CCCN(S(=O)(=O)c3cc(-c4noc(CC)n4)cs3)C2)cc1. The number of aromatic nitrogens is 2. The van der Waals surface area contributed by atoms with Gasteiger partial charge >= 0.3 is 0 Å². The highest BCUT2D eigenvalue weighted by atomic mass is 32.2. The van der Waals surface area contributed by atoms with Crippen LogP contribution in [0.4, 0.5) is 5.69 Å². The lowest BCUT2D eigenvalue weighted by atomic mass is 9.98. The van der Waals surface area contributed by atoms with E-state index < -0.39 is 15.9 Å². The van der Waals surface area contributed by atoms with Gasteiger partial charge in [-0.2, -0.15) is 9.29 Å². The molecule has 1 atom stereocenters. The zero-order valence-electron chi connectivity index (χ0n) is 18.1. The largest absolute Gasteiger partial charge is 0.339 e. The molecule has 0 aliphatic carbocycles. The van der Waals surface area contributed by atoms with E-state index in [-0.39, 0.29) is 16.7 Å². The predicted octanol–water partition coefficient (Wildman–Crippen LogP) is 3.96. The molecule has 3 aromatic rings. The number of sulfonamides is 1. The standard InChI is InChI=1S/C22H26N4O4S2/c1-3-15-7-9-18(10-8-15)23-22(27)16-6-5-11-26(13-16)32(28,29)20-12-17(14-31-20)21-24-19(4-2)30-25-21/h7-10,12,14,16H,3-6,11,13H2,1-2H3,(H,23,27). The number of aryl methyl sites for hydroxylation is 2. The van der Waals surface area contributed by atoms with E-state index in [4.69, 9.17) is 4.52 Å². The van der Waals surface area contributed by atoms with E-state index in [0.29, 0.717) is 43.1 Å². The number of nitrogens with zero attached hydrogens (tertiary/aromatic N) is 3. The summed E-state index contributed by atoms with van der Waals surface area (Å²) in [6, 6.07) is 9.29. The van der Waals surface area contributed by atoms with Crippen LogP contribution < -0.4 is 5.32 Å². The van der Waals surface area contributed by atoms with Crippen LogP contribution in [-0.2, 0) is 27.7 Å². The zero-order valence-corrected chi connectivity index (χ0v) is 19.7. The summed E-state index contributed by atoms with van der Waals surface area (Å²) in [7, 11) is -3.71. The number of benzene rings is 1. The third kappa shape index (κ3) is 4.77. The average molecular weight is 475 g/mol. The van der Waals surface area contributed by atoms with Gasteiger partial charge in [0.05, 0.1) is 5.92 Å². The van der Waals surface area contributed by atoms with Crippen LogP contribution in [0.3, 0.4) is 0 Å². The molecule has 4 rings (SSSR count). The minimum absolute atomic E-state index is 0.153. The van der Waals surface area contributed by atoms with Crippen LogP contribution in [0.15, 0.2) is 44.4 Å². The number of hydrogen-bond acceptors (Lipinski definition) is 7. The third-order valence-corrected chi connectivity index (χ3v) is 8.86. The van der Waals surface area contributed by atoms with Gasteiger partial charge in [0.15, 0.2) is 0 Å². The van der Waals surface area contributed by atoms with Gasteiger partial charge in [0.1, 0.15) is 4.21 Å². The molecule has 1 fully saturated rings. The molecule has 170 valence electrons. The van der Waals surface area contributed by atoms with E-state index in [1.165, 1.54) is 9.87 Å². The van der Waals surface area contributed by atoms with Crippen molar-refractivity contribution in [3.8, 4) is 11.4 Å². The Labute approximate surface area is 191 Å². The summed E-state index contributed by atoms with van der Waals surface area (Å²) in [5.74, 6) is 0.336. The number of hydrogen-bond donors (Lipinski definition) is 1. The van der Waals surface area contributed by atoms with Gasteiger partial charge in [0, 0.05) is 36.1 Å². The smallest absolute Gasteiger partial charge is 0.252 e. The summed E-state index contributed by atoms with van der Waals surface area (Å²) in [5.41, 5.74) is 2.53. The molecular formula is C22H26N4O4S2. The molecule has 32 heavy (non-hydrogen) atoms. The molecule has 8 nitrogen and oxygen atoms in total. The van der Waals surface area contributed by atoms with Gasteiger partial charge in [-0.05, 0) is 43.0 Å². The van der Waals surface area contributed by atoms with Gasteiger partial charge in [0.2, 0.25) is 17.6 Å². The number of carbonyl (C=O) groups excluding carboxylic acids is 1. The molecule has 0 spiro atoms. The van der Waals surface area contributed by atoms with E-state index in [1.807, 2.05) is 31.2 Å². The van der Waals surface area contributed by atoms with Crippen LogP contribution in [0.5, 0.6) is 0 Å². The van der Waals surface area contributed by atoms with E-state index in [1.54, 1.807) is 11.4 Å². The average Bonchev–Trinajstić information content (AvgIpc) is 3.49. The van der Waals surface area contributed by atoms with Gasteiger partial charge in [-0.3, -0.25) is 4.79 Å². The highest BCUT2D eigenvalue weighted by Crippen LogP contribution is 2.31. The van der Waals surface area contributed by atoms with Crippen molar-refractivity contribution >= 4 is 33.0 Å². The Morgan fingerprint density at radius 1 is 1.25 bits per heavy atom. The first-order valence-electron chi connectivity index (χ1n) is 10.7. The molecule has 10 heteroatoms. The second-order valence-corrected chi connectivity index (χ2v) is 10.8. The number of rotatable bonds is 7. The summed E-state index contributed by atoms with van der Waals surface area (Å²) >= 11 is 1.13. The number of piperidine rings is 1. The molecule has 1 aromatic carbocycles. The lowest BCUT2D eigenvalue weighted by Gasteiger charge is -2.30. The van der Waals surface area contributed by atoms with Crippen LogP contribution >= 0.6 is 11.3 Å². The van der Waals surface area contributed by atoms with Crippen molar-refractivity contribution in [2.75, 3.05) is 18.4 Å². The van der Waals surface area contributed by atoms with Crippen LogP contribution in [-0.4, -0.2) is 41.9 Å². The van der Waals surface area contributed by atoms with Gasteiger partial charge in [-0.15, -0.1) is 11.3 Å². The molecule has 1 saturated heterocycles. The molecule has 1 amide bonds. The summed E-state index contributed by atoms with van der Waals surface area (Å²) < 4.78 is 33.2. The maximum Gasteiger partial charge on any atom is 0.252 e. The quantitative estimate of drug-likeness (QED) is 0.556. The molecule has 2 aromatic heterocycles. The first-order chi connectivity index (χ1) is 15.4. The highest BCUT2D eigenvalue weighted by molar-refractivity contribution is 7.91. The highest BCUT2D eigenvalue weighted by Gasteiger charge is 2.34. The molecule has 0 saturated carbocycles. The summed E-state index contributed by atoms with van der Waals surface area (Å²) in [4.78, 5) is 17.1. The lowest BCUT2D eigenvalue weighted by molar-refractivity contribution is -0.120. The van der Waals surface area contributed by atoms with Crippen LogP contribution in [0, 0.1) is 5.92 Å². The van der Waals surface area contributed by atoms with Crippen molar-refractivity contribution < 1.29 is 17.7 Å². The van der Waals surface area contributed by atoms with Crippen molar-refractivity contribution in [2.45, 2.75) is 43.7 Å². The number of anilines is 1. The van der Waals surface area contributed by atoms with Gasteiger partial charge in [0.25, 0.3) is 10.0 Å². The third-order valence-electron chi connectivity index (χ3n) is 5.58. The van der Waals surface area contributed by atoms with Crippen molar-refractivity contribution in [2.24, 2.45) is 5.92 Å². The maximum atomic E-state index is 13.2. The molecule has 1 aliphatic heterocycles. The Morgan fingerprint density at radius 2 is 2.03 bits per heavy atom. The maximum absolute atomic E-state index is 13.2. The Bertz CT molecular complexity index is 1180. The number of carbonyl (C=O) groups is 1. The number of nitrogens with one attached hydrogen (secondary N) is 1. The van der Waals surface area contributed by atoms with E-state index in [9.17, 15) is 13.2 Å². The second-order valence-electron chi connectivity index (χ2n) is 7.76. The lowest BCUT2D eigenvalue weighted by Crippen LogP contribution is -2.43. The first kappa shape index (κ1) is 22.6. The van der Waals surface area contributed by atoms with E-state index >= 15 is 0 Å². The fraction of sp³-hybridized carbons (Fsp3) is 0.409. The fourth-order valence-corrected chi connectivity index (χ4v) is 6.49. The topological polar surface area (TPSA) is 105 Å².